The molecule has 0 aliphatic carbocycles. The molecule has 0 bridgehead atoms. The summed E-state index contributed by atoms with van der Waals surface area (Å²) in [5, 5.41) is 6.30. The lowest BCUT2D eigenvalue weighted by molar-refractivity contribution is 0.0599. The van der Waals surface area contributed by atoms with Gasteiger partial charge in [-0.25, -0.2) is 9.79 Å². The van der Waals surface area contributed by atoms with Gasteiger partial charge < -0.3 is 24.5 Å². The van der Waals surface area contributed by atoms with Crippen molar-refractivity contribution in [1.29, 1.82) is 0 Å². The molecule has 1 heterocycles. The number of esters is 1. The second-order valence-electron chi connectivity index (χ2n) is 4.49. The Balaban J connectivity index is 0.00000484. The number of methoxy groups -OCH3 is 1. The minimum Gasteiger partial charge on any atom is -0.465 e. The highest BCUT2D eigenvalue weighted by molar-refractivity contribution is 14.0. The van der Waals surface area contributed by atoms with Gasteiger partial charge >= 0.3 is 5.97 Å². The molecule has 0 spiro atoms. The van der Waals surface area contributed by atoms with E-state index in [0.29, 0.717) is 49.3 Å². The van der Waals surface area contributed by atoms with Crippen molar-refractivity contribution < 1.29 is 18.7 Å². The Bertz CT molecular complexity index is 503. The lowest BCUT2D eigenvalue weighted by atomic mass is 10.2. The largest absolute Gasteiger partial charge is 0.465 e. The maximum absolute atomic E-state index is 11.5. The first-order valence-electron chi connectivity index (χ1n) is 7.39. The quantitative estimate of drug-likeness (QED) is 0.212. The van der Waals surface area contributed by atoms with Gasteiger partial charge in [-0.3, -0.25) is 0 Å². The van der Waals surface area contributed by atoms with E-state index in [1.54, 1.807) is 13.0 Å². The van der Waals surface area contributed by atoms with Crippen LogP contribution in [0, 0.1) is 6.92 Å². The SMILES string of the molecule is CCNC(=NCc1cc(C(=O)OC)c(C)o1)NCCOCC.I. The number of halogens is 1. The Morgan fingerprint density at radius 3 is 2.70 bits per heavy atom. The van der Waals surface area contributed by atoms with E-state index in [1.807, 2.05) is 13.8 Å². The molecule has 0 saturated carbocycles. The summed E-state index contributed by atoms with van der Waals surface area (Å²) in [6.45, 7) is 8.75. The predicted octanol–water partition coefficient (Wildman–Crippen LogP) is 2.08. The van der Waals surface area contributed by atoms with Gasteiger partial charge in [0.1, 0.15) is 23.6 Å². The van der Waals surface area contributed by atoms with Gasteiger partial charge in [-0.15, -0.1) is 24.0 Å². The third-order valence-electron chi connectivity index (χ3n) is 2.85. The Kier molecular flexibility index (Phi) is 11.5. The zero-order valence-electron chi connectivity index (χ0n) is 14.1. The zero-order valence-corrected chi connectivity index (χ0v) is 16.4. The summed E-state index contributed by atoms with van der Waals surface area (Å²) in [5.74, 6) is 1.42. The first kappa shape index (κ1) is 21.7. The van der Waals surface area contributed by atoms with E-state index in [0.717, 1.165) is 6.54 Å². The van der Waals surface area contributed by atoms with E-state index in [1.165, 1.54) is 7.11 Å². The van der Waals surface area contributed by atoms with Gasteiger partial charge in [-0.1, -0.05) is 0 Å². The van der Waals surface area contributed by atoms with Gasteiger partial charge in [-0.05, 0) is 26.8 Å². The molecule has 0 aromatic carbocycles. The zero-order chi connectivity index (χ0) is 16.4. The number of carbonyl (C=O) groups is 1. The van der Waals surface area contributed by atoms with Gasteiger partial charge in [0.2, 0.25) is 0 Å². The number of hydrogen-bond acceptors (Lipinski definition) is 5. The number of carbonyl (C=O) groups excluding carboxylic acids is 1. The van der Waals surface area contributed by atoms with Gasteiger partial charge in [-0.2, -0.15) is 0 Å². The van der Waals surface area contributed by atoms with Gasteiger partial charge in [0.15, 0.2) is 5.96 Å². The van der Waals surface area contributed by atoms with Crippen LogP contribution in [0.2, 0.25) is 0 Å². The van der Waals surface area contributed by atoms with Crippen LogP contribution < -0.4 is 10.6 Å². The predicted molar refractivity (Wildman–Crippen MR) is 99.5 cm³/mol. The van der Waals surface area contributed by atoms with Crippen LogP contribution in [-0.4, -0.2) is 45.3 Å². The maximum Gasteiger partial charge on any atom is 0.341 e. The first-order valence-corrected chi connectivity index (χ1v) is 7.39. The van der Waals surface area contributed by atoms with Crippen molar-refractivity contribution in [3.05, 3.63) is 23.2 Å². The monoisotopic (exact) mass is 439 g/mol. The molecule has 8 heteroatoms. The van der Waals surface area contributed by atoms with E-state index < -0.39 is 5.97 Å². The molecule has 132 valence electrons. The van der Waals surface area contributed by atoms with Crippen LogP contribution in [0.1, 0.15) is 35.7 Å². The molecule has 0 fully saturated rings. The molecule has 0 amide bonds. The fraction of sp³-hybridized carbons (Fsp3) is 0.600. The van der Waals surface area contributed by atoms with E-state index in [9.17, 15) is 4.79 Å². The number of nitrogens with zero attached hydrogens (tertiary/aromatic N) is 1. The fourth-order valence-corrected chi connectivity index (χ4v) is 1.82. The van der Waals surface area contributed by atoms with Crippen LogP contribution in [0.5, 0.6) is 0 Å². The molecule has 1 aromatic rings. The molecule has 1 rings (SSSR count). The topological polar surface area (TPSA) is 85.1 Å². The van der Waals surface area contributed by atoms with Crippen molar-refractivity contribution in [3.8, 4) is 0 Å². The van der Waals surface area contributed by atoms with Crippen LogP contribution in [0.15, 0.2) is 15.5 Å². The summed E-state index contributed by atoms with van der Waals surface area (Å²) in [5.41, 5.74) is 0.432. The molecule has 7 nitrogen and oxygen atoms in total. The number of rotatable bonds is 8. The highest BCUT2D eigenvalue weighted by Crippen LogP contribution is 2.16. The third kappa shape index (κ3) is 7.69. The summed E-state index contributed by atoms with van der Waals surface area (Å²) < 4.78 is 15.5. The second-order valence-corrected chi connectivity index (χ2v) is 4.49. The maximum atomic E-state index is 11.5. The minimum absolute atomic E-state index is 0. The summed E-state index contributed by atoms with van der Waals surface area (Å²) in [6, 6.07) is 1.66. The number of aryl methyl sites for hydroxylation is 1. The van der Waals surface area contributed by atoms with Gasteiger partial charge in [0.25, 0.3) is 0 Å². The summed E-state index contributed by atoms with van der Waals surface area (Å²) in [4.78, 5) is 15.9. The van der Waals surface area contributed by atoms with Crippen molar-refractivity contribution >= 4 is 35.9 Å². The molecule has 0 aliphatic heterocycles. The lowest BCUT2D eigenvalue weighted by Crippen LogP contribution is -2.38. The van der Waals surface area contributed by atoms with Crippen LogP contribution in [-0.2, 0) is 16.0 Å². The van der Waals surface area contributed by atoms with Crippen LogP contribution in [0.3, 0.4) is 0 Å². The van der Waals surface area contributed by atoms with E-state index in [2.05, 4.69) is 15.6 Å². The number of nitrogens with one attached hydrogen (secondary N) is 2. The van der Waals surface area contributed by atoms with Gasteiger partial charge in [0.05, 0.1) is 13.7 Å². The molecule has 0 radical (unpaired) electrons. The van der Waals surface area contributed by atoms with Crippen LogP contribution in [0.25, 0.3) is 0 Å². The number of hydrogen-bond donors (Lipinski definition) is 2. The second kappa shape index (κ2) is 12.2. The molecule has 1 aromatic heterocycles. The average molecular weight is 439 g/mol. The van der Waals surface area contributed by atoms with Crippen molar-refractivity contribution in [3.63, 3.8) is 0 Å². The summed E-state index contributed by atoms with van der Waals surface area (Å²) in [6.07, 6.45) is 0. The fourth-order valence-electron chi connectivity index (χ4n) is 1.82. The third-order valence-corrected chi connectivity index (χ3v) is 2.85. The standard InChI is InChI=1S/C15H25N3O4.HI/c1-5-16-15(17-7-8-21-6-2)18-10-12-9-13(11(3)22-12)14(19)20-4;/h9H,5-8,10H2,1-4H3,(H2,16,17,18);1H. The molecule has 23 heavy (non-hydrogen) atoms. The van der Waals surface area contributed by atoms with E-state index in [-0.39, 0.29) is 24.0 Å². The lowest BCUT2D eigenvalue weighted by Gasteiger charge is -2.10. The summed E-state index contributed by atoms with van der Waals surface area (Å²) >= 11 is 0. The molecule has 0 aliphatic rings. The highest BCUT2D eigenvalue weighted by Gasteiger charge is 2.15. The molecule has 0 saturated heterocycles. The van der Waals surface area contributed by atoms with E-state index in [4.69, 9.17) is 13.9 Å². The number of ether oxygens (including phenoxy) is 2. The van der Waals surface area contributed by atoms with E-state index >= 15 is 0 Å². The van der Waals surface area contributed by atoms with Crippen molar-refractivity contribution in [2.45, 2.75) is 27.3 Å². The Labute approximate surface area is 154 Å². The average Bonchev–Trinajstić information content (AvgIpc) is 2.89. The Hall–Kier alpha value is -1.29. The van der Waals surface area contributed by atoms with Crippen LogP contribution in [0.4, 0.5) is 0 Å². The van der Waals surface area contributed by atoms with Crippen molar-refractivity contribution in [2.24, 2.45) is 4.99 Å². The minimum atomic E-state index is -0.404. The van der Waals surface area contributed by atoms with Crippen LogP contribution >= 0.6 is 24.0 Å². The number of guanidine groups is 1. The van der Waals surface area contributed by atoms with Crippen molar-refractivity contribution in [2.75, 3.05) is 33.4 Å². The number of aliphatic imine (C=N–C) groups is 1. The Morgan fingerprint density at radius 2 is 2.09 bits per heavy atom. The Morgan fingerprint density at radius 1 is 1.35 bits per heavy atom. The highest BCUT2D eigenvalue weighted by atomic mass is 127. The van der Waals surface area contributed by atoms with Gasteiger partial charge in [0, 0.05) is 19.7 Å². The molecule has 0 unspecified atom stereocenters. The smallest absolute Gasteiger partial charge is 0.341 e. The molecular weight excluding hydrogens is 413 g/mol. The number of furan rings is 1. The van der Waals surface area contributed by atoms with Crippen molar-refractivity contribution in [1.82, 2.24) is 10.6 Å². The first-order chi connectivity index (χ1) is 10.6. The molecule has 2 N–H and O–H groups in total. The summed E-state index contributed by atoms with van der Waals surface area (Å²) in [7, 11) is 1.35. The normalized spacial score (nSPS) is 10.9. The molecule has 0 atom stereocenters. The molecular formula is C15H26IN3O4.